The quantitative estimate of drug-likeness (QED) is 0.494. The summed E-state index contributed by atoms with van der Waals surface area (Å²) >= 11 is 0. The summed E-state index contributed by atoms with van der Waals surface area (Å²) in [7, 11) is 0. The maximum Gasteiger partial charge on any atom is 0.420 e. The van der Waals surface area contributed by atoms with Gasteiger partial charge in [0.05, 0.1) is 12.1 Å². The summed E-state index contributed by atoms with van der Waals surface area (Å²) in [6.45, 7) is 0.318. The number of benzene rings is 2. The lowest BCUT2D eigenvalue weighted by Crippen LogP contribution is -2.14. The Morgan fingerprint density at radius 2 is 1.81 bits per heavy atom. The Bertz CT molecular complexity index is 1330. The molecule has 3 heterocycles. The minimum atomic E-state index is -0.444. The standard InChI is InChI=1S/C20H13FN4O2/c21-16-5-1-13(2-6-16)10-25-17-7-3-14(9-18(17)27-20(25)26)15-4-8-19-23-22-12-24(19)11-15/h1-9,11-12H,10H2. The first kappa shape index (κ1) is 15.5. The van der Waals surface area contributed by atoms with E-state index in [1.807, 2.05) is 40.9 Å². The lowest BCUT2D eigenvalue weighted by Gasteiger charge is -2.05. The average Bonchev–Trinajstić information content (AvgIpc) is 3.27. The van der Waals surface area contributed by atoms with Crippen molar-refractivity contribution in [3.63, 3.8) is 0 Å². The Morgan fingerprint density at radius 3 is 2.67 bits per heavy atom. The van der Waals surface area contributed by atoms with Crippen molar-refractivity contribution in [3.8, 4) is 11.1 Å². The molecule has 7 heteroatoms. The fourth-order valence-corrected chi connectivity index (χ4v) is 3.17. The van der Waals surface area contributed by atoms with Gasteiger partial charge in [-0.15, -0.1) is 10.2 Å². The van der Waals surface area contributed by atoms with E-state index >= 15 is 0 Å². The average molecular weight is 360 g/mol. The molecule has 0 saturated heterocycles. The molecule has 0 amide bonds. The monoisotopic (exact) mass is 360 g/mol. The molecule has 27 heavy (non-hydrogen) atoms. The number of pyridine rings is 1. The highest BCUT2D eigenvalue weighted by atomic mass is 19.1. The maximum absolute atomic E-state index is 13.1. The SMILES string of the molecule is O=c1oc2cc(-c3ccc4nncn4c3)ccc2n1Cc1ccc(F)cc1. The lowest BCUT2D eigenvalue weighted by atomic mass is 10.1. The number of rotatable bonds is 3. The third-order valence-corrected chi connectivity index (χ3v) is 4.55. The molecule has 6 nitrogen and oxygen atoms in total. The van der Waals surface area contributed by atoms with Crippen molar-refractivity contribution in [1.29, 1.82) is 0 Å². The molecule has 0 fully saturated rings. The molecule has 0 aliphatic heterocycles. The number of hydrogen-bond donors (Lipinski definition) is 0. The predicted molar refractivity (Wildman–Crippen MR) is 98.0 cm³/mol. The maximum atomic E-state index is 13.1. The molecule has 5 aromatic rings. The van der Waals surface area contributed by atoms with Crippen LogP contribution in [0.3, 0.4) is 0 Å². The van der Waals surface area contributed by atoms with Gasteiger partial charge >= 0.3 is 5.76 Å². The number of halogens is 1. The number of aromatic nitrogens is 4. The summed E-state index contributed by atoms with van der Waals surface area (Å²) < 4.78 is 21.9. The minimum Gasteiger partial charge on any atom is -0.408 e. The Kier molecular flexibility index (Phi) is 3.39. The van der Waals surface area contributed by atoms with Gasteiger partial charge in [-0.25, -0.2) is 9.18 Å². The van der Waals surface area contributed by atoms with Crippen LogP contribution in [0.5, 0.6) is 0 Å². The Morgan fingerprint density at radius 1 is 1.00 bits per heavy atom. The summed E-state index contributed by atoms with van der Waals surface area (Å²) in [4.78, 5) is 12.3. The van der Waals surface area contributed by atoms with Crippen molar-refractivity contribution >= 4 is 16.7 Å². The summed E-state index contributed by atoms with van der Waals surface area (Å²) in [6, 6.07) is 15.5. The van der Waals surface area contributed by atoms with Gasteiger partial charge in [0.1, 0.15) is 12.1 Å². The van der Waals surface area contributed by atoms with Gasteiger partial charge in [-0.1, -0.05) is 18.2 Å². The topological polar surface area (TPSA) is 65.3 Å². The lowest BCUT2D eigenvalue weighted by molar-refractivity contribution is 0.517. The van der Waals surface area contributed by atoms with Crippen LogP contribution >= 0.6 is 0 Å². The summed E-state index contributed by atoms with van der Waals surface area (Å²) in [5.41, 5.74) is 4.65. The van der Waals surface area contributed by atoms with Gasteiger partial charge in [0.2, 0.25) is 0 Å². The van der Waals surface area contributed by atoms with Crippen molar-refractivity contribution in [1.82, 2.24) is 19.2 Å². The second-order valence-electron chi connectivity index (χ2n) is 6.28. The van der Waals surface area contributed by atoms with Gasteiger partial charge in [0.15, 0.2) is 11.2 Å². The molecule has 5 rings (SSSR count). The van der Waals surface area contributed by atoms with Gasteiger partial charge in [-0.05, 0) is 53.1 Å². The van der Waals surface area contributed by atoms with E-state index in [-0.39, 0.29) is 5.82 Å². The zero-order chi connectivity index (χ0) is 18.4. The second-order valence-corrected chi connectivity index (χ2v) is 6.28. The van der Waals surface area contributed by atoms with E-state index in [1.54, 1.807) is 18.5 Å². The van der Waals surface area contributed by atoms with E-state index in [9.17, 15) is 9.18 Å². The van der Waals surface area contributed by atoms with Crippen molar-refractivity contribution in [2.24, 2.45) is 0 Å². The van der Waals surface area contributed by atoms with Gasteiger partial charge < -0.3 is 4.42 Å². The third-order valence-electron chi connectivity index (χ3n) is 4.55. The van der Waals surface area contributed by atoms with E-state index in [2.05, 4.69) is 10.2 Å². The molecule has 2 aromatic carbocycles. The first-order valence-corrected chi connectivity index (χ1v) is 8.35. The number of nitrogens with zero attached hydrogens (tertiary/aromatic N) is 4. The molecular formula is C20H13FN4O2. The predicted octanol–water partition coefficient (Wildman–Crippen LogP) is 3.49. The highest BCUT2D eigenvalue weighted by molar-refractivity contribution is 5.80. The molecule has 3 aromatic heterocycles. The van der Waals surface area contributed by atoms with Crippen LogP contribution in [0.4, 0.5) is 4.39 Å². The summed E-state index contributed by atoms with van der Waals surface area (Å²) in [5, 5.41) is 7.86. The van der Waals surface area contributed by atoms with Crippen molar-refractivity contribution in [3.05, 3.63) is 89.1 Å². The van der Waals surface area contributed by atoms with E-state index in [0.29, 0.717) is 17.6 Å². The molecule has 0 saturated carbocycles. The first-order valence-electron chi connectivity index (χ1n) is 8.35. The molecule has 0 N–H and O–H groups in total. The largest absolute Gasteiger partial charge is 0.420 e. The van der Waals surface area contributed by atoms with Crippen molar-refractivity contribution in [2.75, 3.05) is 0 Å². The zero-order valence-corrected chi connectivity index (χ0v) is 14.0. The zero-order valence-electron chi connectivity index (χ0n) is 14.0. The fraction of sp³-hybridized carbons (Fsp3) is 0.0500. The van der Waals surface area contributed by atoms with Crippen molar-refractivity contribution in [2.45, 2.75) is 6.54 Å². The van der Waals surface area contributed by atoms with Crippen LogP contribution in [0, 0.1) is 5.82 Å². The molecule has 0 aliphatic carbocycles. The molecule has 0 spiro atoms. The number of fused-ring (bicyclic) bond motifs is 2. The van der Waals surface area contributed by atoms with Crippen LogP contribution in [0.25, 0.3) is 27.9 Å². The Hall–Kier alpha value is -3.74. The Labute approximate surface area is 152 Å². The third kappa shape index (κ3) is 2.69. The van der Waals surface area contributed by atoms with E-state index < -0.39 is 5.76 Å². The molecule has 0 aliphatic rings. The van der Waals surface area contributed by atoms with E-state index in [1.165, 1.54) is 16.7 Å². The highest BCUT2D eigenvalue weighted by Crippen LogP contribution is 2.25. The van der Waals surface area contributed by atoms with Crippen LogP contribution in [0.2, 0.25) is 0 Å². The molecular weight excluding hydrogens is 347 g/mol. The van der Waals surface area contributed by atoms with Crippen molar-refractivity contribution < 1.29 is 8.81 Å². The smallest absolute Gasteiger partial charge is 0.408 e. The van der Waals surface area contributed by atoms with Crippen LogP contribution in [0.1, 0.15) is 5.56 Å². The number of hydrogen-bond acceptors (Lipinski definition) is 4. The molecule has 132 valence electrons. The first-order chi connectivity index (χ1) is 13.2. The molecule has 0 radical (unpaired) electrons. The van der Waals surface area contributed by atoms with Crippen LogP contribution in [0.15, 0.2) is 76.3 Å². The molecule has 0 atom stereocenters. The fourth-order valence-electron chi connectivity index (χ4n) is 3.17. The highest BCUT2D eigenvalue weighted by Gasteiger charge is 2.11. The van der Waals surface area contributed by atoms with E-state index in [4.69, 9.17) is 4.42 Å². The van der Waals surface area contributed by atoms with E-state index in [0.717, 1.165) is 22.3 Å². The van der Waals surface area contributed by atoms with Crippen LogP contribution < -0.4 is 5.76 Å². The molecule has 0 bridgehead atoms. The second kappa shape index (κ2) is 5.91. The van der Waals surface area contributed by atoms with Gasteiger partial charge in [0, 0.05) is 6.20 Å². The van der Waals surface area contributed by atoms with Gasteiger partial charge in [-0.3, -0.25) is 8.97 Å². The Balaban J connectivity index is 1.56. The summed E-state index contributed by atoms with van der Waals surface area (Å²) in [5.74, 6) is -0.751. The minimum absolute atomic E-state index is 0.308. The van der Waals surface area contributed by atoms with Crippen LogP contribution in [-0.2, 0) is 6.54 Å². The van der Waals surface area contributed by atoms with Gasteiger partial charge in [0.25, 0.3) is 0 Å². The van der Waals surface area contributed by atoms with Gasteiger partial charge in [-0.2, -0.15) is 0 Å². The molecule has 0 unspecified atom stereocenters. The summed E-state index contributed by atoms with van der Waals surface area (Å²) in [6.07, 6.45) is 3.56. The normalized spacial score (nSPS) is 11.4. The number of oxazole rings is 1. The van der Waals surface area contributed by atoms with Crippen LogP contribution in [-0.4, -0.2) is 19.2 Å².